The lowest BCUT2D eigenvalue weighted by molar-refractivity contribution is 0.109. The first kappa shape index (κ1) is 25.0. The Balaban J connectivity index is 1.31. The molecule has 2 aromatic rings. The van der Waals surface area contributed by atoms with Crippen LogP contribution in [0.4, 0.5) is 10.2 Å². The van der Waals surface area contributed by atoms with Gasteiger partial charge in [0, 0.05) is 5.92 Å². The minimum absolute atomic E-state index is 0.0619. The maximum Gasteiger partial charge on any atom is 0.166 e. The van der Waals surface area contributed by atoms with Gasteiger partial charge in [-0.15, -0.1) is 0 Å². The van der Waals surface area contributed by atoms with Gasteiger partial charge in [0.05, 0.1) is 39.3 Å². The maximum atomic E-state index is 13.1. The Bertz CT molecular complexity index is 1300. The van der Waals surface area contributed by atoms with Crippen LogP contribution in [-0.2, 0) is 17.9 Å². The Morgan fingerprint density at radius 3 is 2.57 bits per heavy atom. The van der Waals surface area contributed by atoms with Crippen LogP contribution in [0.25, 0.3) is 11.5 Å². The number of benzene rings is 2. The maximum absolute atomic E-state index is 13.1. The van der Waals surface area contributed by atoms with E-state index in [2.05, 4.69) is 9.97 Å². The summed E-state index contributed by atoms with van der Waals surface area (Å²) >= 11 is 0. The number of anilines is 1. The van der Waals surface area contributed by atoms with Crippen molar-refractivity contribution in [3.8, 4) is 23.0 Å². The fourth-order valence-electron chi connectivity index (χ4n) is 4.61. The molecule has 194 valence electrons. The first-order valence-electron chi connectivity index (χ1n) is 12.6. The third kappa shape index (κ3) is 5.83. The van der Waals surface area contributed by atoms with Gasteiger partial charge < -0.3 is 24.5 Å². The normalized spacial score (nSPS) is 14.8. The lowest BCUT2D eigenvalue weighted by atomic mass is 10.2. The number of hydrogen-bond donors (Lipinski definition) is 1. The summed E-state index contributed by atoms with van der Waals surface area (Å²) in [5.41, 5.74) is 8.66. The first-order valence-corrected chi connectivity index (χ1v) is 12.6. The van der Waals surface area contributed by atoms with Gasteiger partial charge in [-0.2, -0.15) is 0 Å². The molecule has 1 fully saturated rings. The molecular weight excluding hydrogens is 473 g/mol. The topological polar surface area (TPSA) is 97.3 Å². The summed E-state index contributed by atoms with van der Waals surface area (Å²) < 4.78 is 32.7. The highest BCUT2D eigenvalue weighted by Crippen LogP contribution is 2.33. The second kappa shape index (κ2) is 11.1. The Labute approximate surface area is 216 Å². The highest BCUT2D eigenvalue weighted by Gasteiger charge is 2.23. The monoisotopic (exact) mass is 505 g/mol. The molecule has 1 atom stereocenters. The SMILES string of the molecule is COc1ccc(Cn2cnc(N)c3nc(C(C)COCc4ccc(F)cc4)nc2-3)cc1OC1CCCC1. The van der Waals surface area contributed by atoms with Gasteiger partial charge in [-0.3, -0.25) is 0 Å². The standard InChI is InChI=1S/C28H32FN5O3/c1-18(15-36-16-19-7-10-21(29)11-8-19)27-32-25-26(30)31-17-34(28(25)33-27)14-20-9-12-23(35-2)24(13-20)37-22-5-3-4-6-22/h7-13,17-18,22H,3-6,14-16,30H2,1-2H3. The largest absolute Gasteiger partial charge is 0.493 e. The zero-order chi connectivity index (χ0) is 25.8. The molecule has 0 aromatic heterocycles. The van der Waals surface area contributed by atoms with E-state index in [1.807, 2.05) is 29.7 Å². The first-order chi connectivity index (χ1) is 18.0. The summed E-state index contributed by atoms with van der Waals surface area (Å²) in [5.74, 6) is 2.81. The van der Waals surface area contributed by atoms with E-state index in [1.54, 1.807) is 25.6 Å². The number of halogens is 1. The van der Waals surface area contributed by atoms with Gasteiger partial charge in [0.2, 0.25) is 0 Å². The Morgan fingerprint density at radius 1 is 1.05 bits per heavy atom. The van der Waals surface area contributed by atoms with Crippen molar-refractivity contribution in [2.24, 2.45) is 0 Å². The molecule has 0 amide bonds. The van der Waals surface area contributed by atoms with Crippen LogP contribution in [-0.4, -0.2) is 39.3 Å². The van der Waals surface area contributed by atoms with Gasteiger partial charge in [-0.25, -0.2) is 19.3 Å². The van der Waals surface area contributed by atoms with E-state index < -0.39 is 0 Å². The lowest BCUT2D eigenvalue weighted by Crippen LogP contribution is -2.12. The summed E-state index contributed by atoms with van der Waals surface area (Å²) in [4.78, 5) is 13.8. The molecule has 0 bridgehead atoms. The number of nitrogens with zero attached hydrogens (tertiary/aromatic N) is 4. The third-order valence-electron chi connectivity index (χ3n) is 6.68. The molecule has 5 rings (SSSR count). The smallest absolute Gasteiger partial charge is 0.166 e. The Morgan fingerprint density at radius 2 is 1.81 bits per heavy atom. The molecule has 37 heavy (non-hydrogen) atoms. The molecule has 3 aliphatic rings. The fourth-order valence-corrected chi connectivity index (χ4v) is 4.61. The van der Waals surface area contributed by atoms with Crippen molar-refractivity contribution in [1.29, 1.82) is 0 Å². The van der Waals surface area contributed by atoms with E-state index >= 15 is 0 Å². The fraction of sp³-hybridized carbons (Fsp3) is 0.393. The second-order valence-corrected chi connectivity index (χ2v) is 9.56. The zero-order valence-electron chi connectivity index (χ0n) is 21.2. The molecule has 1 unspecified atom stereocenters. The van der Waals surface area contributed by atoms with Crippen molar-refractivity contribution in [2.75, 3.05) is 19.5 Å². The molecule has 9 heteroatoms. The van der Waals surface area contributed by atoms with Gasteiger partial charge >= 0.3 is 0 Å². The Hall–Kier alpha value is -3.72. The van der Waals surface area contributed by atoms with Crippen LogP contribution in [0.2, 0.25) is 0 Å². The summed E-state index contributed by atoms with van der Waals surface area (Å²) in [6.45, 7) is 3.34. The molecule has 8 nitrogen and oxygen atoms in total. The number of rotatable bonds is 10. The summed E-state index contributed by atoms with van der Waals surface area (Å²) in [6.07, 6.45) is 6.46. The van der Waals surface area contributed by atoms with Crippen molar-refractivity contribution in [2.45, 2.75) is 57.8 Å². The van der Waals surface area contributed by atoms with Crippen molar-refractivity contribution in [3.63, 3.8) is 0 Å². The van der Waals surface area contributed by atoms with Gasteiger partial charge in [0.25, 0.3) is 0 Å². The molecule has 2 heterocycles. The molecule has 0 radical (unpaired) electrons. The van der Waals surface area contributed by atoms with Crippen LogP contribution >= 0.6 is 0 Å². The number of aromatic nitrogens is 4. The number of nitrogen functional groups attached to an aromatic ring is 1. The van der Waals surface area contributed by atoms with Crippen LogP contribution in [0, 0.1) is 5.82 Å². The van der Waals surface area contributed by atoms with Gasteiger partial charge in [0.15, 0.2) is 28.8 Å². The van der Waals surface area contributed by atoms with E-state index in [0.717, 1.165) is 35.5 Å². The lowest BCUT2D eigenvalue weighted by Gasteiger charge is -2.17. The van der Waals surface area contributed by atoms with Gasteiger partial charge in [-0.05, 0) is 61.1 Å². The third-order valence-corrected chi connectivity index (χ3v) is 6.68. The molecule has 1 aliphatic carbocycles. The van der Waals surface area contributed by atoms with E-state index in [0.29, 0.717) is 42.9 Å². The second-order valence-electron chi connectivity index (χ2n) is 9.56. The minimum atomic E-state index is -0.263. The van der Waals surface area contributed by atoms with Crippen molar-refractivity contribution in [3.05, 3.63) is 71.6 Å². The average molecular weight is 506 g/mol. The minimum Gasteiger partial charge on any atom is -0.493 e. The van der Waals surface area contributed by atoms with Gasteiger partial charge in [0.1, 0.15) is 11.6 Å². The van der Waals surface area contributed by atoms with Crippen LogP contribution in [0.5, 0.6) is 11.5 Å². The Kier molecular flexibility index (Phi) is 7.50. The zero-order valence-corrected chi connectivity index (χ0v) is 21.2. The van der Waals surface area contributed by atoms with Crippen LogP contribution in [0.3, 0.4) is 0 Å². The molecule has 2 aliphatic heterocycles. The predicted molar refractivity (Wildman–Crippen MR) is 138 cm³/mol. The van der Waals surface area contributed by atoms with Gasteiger partial charge in [-0.1, -0.05) is 25.1 Å². The molecular formula is C28H32FN5O3. The quantitative estimate of drug-likeness (QED) is 0.316. The summed E-state index contributed by atoms with van der Waals surface area (Å²) in [6, 6.07) is 12.3. The van der Waals surface area contributed by atoms with E-state index in [4.69, 9.17) is 24.9 Å². The van der Waals surface area contributed by atoms with Crippen molar-refractivity contribution >= 4 is 5.82 Å². The van der Waals surface area contributed by atoms with E-state index in [-0.39, 0.29) is 17.8 Å². The molecule has 0 saturated heterocycles. The molecule has 2 aromatic carbocycles. The highest BCUT2D eigenvalue weighted by atomic mass is 19.1. The highest BCUT2D eigenvalue weighted by molar-refractivity contribution is 5.65. The molecule has 1 saturated carbocycles. The van der Waals surface area contributed by atoms with E-state index in [9.17, 15) is 4.39 Å². The number of fused-ring (bicyclic) bond motifs is 1. The van der Waals surface area contributed by atoms with E-state index in [1.165, 1.54) is 25.0 Å². The molecule has 2 N–H and O–H groups in total. The number of imidazole rings is 1. The number of hydrogen-bond acceptors (Lipinski definition) is 7. The van der Waals surface area contributed by atoms with Crippen LogP contribution < -0.4 is 15.2 Å². The number of methoxy groups -OCH3 is 1. The summed E-state index contributed by atoms with van der Waals surface area (Å²) in [7, 11) is 1.66. The molecule has 0 spiro atoms. The number of nitrogens with two attached hydrogens (primary N) is 1. The van der Waals surface area contributed by atoms with Crippen LogP contribution in [0.1, 0.15) is 55.5 Å². The van der Waals surface area contributed by atoms with Crippen LogP contribution in [0.15, 0.2) is 48.8 Å². The summed E-state index contributed by atoms with van der Waals surface area (Å²) in [5, 5.41) is 0. The predicted octanol–water partition coefficient (Wildman–Crippen LogP) is 5.20. The number of ether oxygens (including phenoxy) is 3. The van der Waals surface area contributed by atoms with Crippen molar-refractivity contribution < 1.29 is 18.6 Å². The van der Waals surface area contributed by atoms with Crippen molar-refractivity contribution in [1.82, 2.24) is 19.5 Å². The average Bonchev–Trinajstić information content (AvgIpc) is 3.58.